The Hall–Kier alpha value is -3.65. The summed E-state index contributed by atoms with van der Waals surface area (Å²) in [7, 11) is -3.47. The number of para-hydroxylation sites is 2. The summed E-state index contributed by atoms with van der Waals surface area (Å²) >= 11 is 0. The molecule has 0 spiro atoms. The first-order valence-corrected chi connectivity index (χ1v) is 10.9. The molecule has 0 fully saturated rings. The van der Waals surface area contributed by atoms with E-state index >= 15 is 0 Å². The molecule has 3 aromatic rings. The van der Waals surface area contributed by atoms with Crippen molar-refractivity contribution in [1.29, 1.82) is 0 Å². The van der Waals surface area contributed by atoms with Gasteiger partial charge >= 0.3 is 0 Å². The topological polar surface area (TPSA) is 99.1 Å². The first-order valence-electron chi connectivity index (χ1n) is 9.08. The lowest BCUT2D eigenvalue weighted by atomic mass is 10.1. The molecular formula is C22H21N3O4S. The van der Waals surface area contributed by atoms with Gasteiger partial charge in [0.1, 0.15) is 5.75 Å². The molecule has 0 bridgehead atoms. The van der Waals surface area contributed by atoms with Crippen LogP contribution < -0.4 is 9.73 Å². The monoisotopic (exact) mass is 423 g/mol. The number of benzene rings is 3. The standard InChI is InChI=1S/C22H21N3O4S/c1-30(28,29)25(20-8-3-2-4-9-20)16-17-11-13-18(14-12-17)22(27)24-23-15-19-7-5-6-10-21(19)26/h2-15,26H,16H2,1H3,(H,24,27). The summed E-state index contributed by atoms with van der Waals surface area (Å²) in [6.45, 7) is 0.149. The highest BCUT2D eigenvalue weighted by atomic mass is 32.2. The molecule has 0 unspecified atom stereocenters. The van der Waals surface area contributed by atoms with Gasteiger partial charge in [-0.05, 0) is 42.0 Å². The van der Waals surface area contributed by atoms with Gasteiger partial charge in [-0.1, -0.05) is 42.5 Å². The molecule has 0 heterocycles. The molecule has 30 heavy (non-hydrogen) atoms. The zero-order chi connectivity index (χ0) is 21.6. The average Bonchev–Trinajstić information content (AvgIpc) is 2.73. The second kappa shape index (κ2) is 9.23. The molecule has 0 aliphatic heterocycles. The molecule has 0 aliphatic carbocycles. The van der Waals surface area contributed by atoms with Crippen LogP contribution in [0.15, 0.2) is 84.0 Å². The number of carbonyl (C=O) groups is 1. The van der Waals surface area contributed by atoms with Gasteiger partial charge in [0.15, 0.2) is 0 Å². The number of hydrogen-bond donors (Lipinski definition) is 2. The lowest BCUT2D eigenvalue weighted by Gasteiger charge is -2.22. The molecule has 0 saturated carbocycles. The summed E-state index contributed by atoms with van der Waals surface area (Å²) in [6, 6.07) is 22.1. The van der Waals surface area contributed by atoms with Gasteiger partial charge in [-0.25, -0.2) is 13.8 Å². The maximum absolute atomic E-state index is 12.2. The van der Waals surface area contributed by atoms with E-state index in [4.69, 9.17) is 0 Å². The highest BCUT2D eigenvalue weighted by Crippen LogP contribution is 2.20. The Bertz CT molecular complexity index is 1140. The molecule has 154 valence electrons. The van der Waals surface area contributed by atoms with Crippen molar-refractivity contribution >= 4 is 27.8 Å². The fourth-order valence-corrected chi connectivity index (χ4v) is 3.63. The Morgan fingerprint density at radius 1 is 1.00 bits per heavy atom. The molecule has 8 heteroatoms. The van der Waals surface area contributed by atoms with E-state index in [2.05, 4.69) is 10.5 Å². The van der Waals surface area contributed by atoms with Gasteiger partial charge in [-0.2, -0.15) is 5.10 Å². The largest absolute Gasteiger partial charge is 0.507 e. The van der Waals surface area contributed by atoms with E-state index in [1.54, 1.807) is 66.7 Å². The molecule has 1 amide bonds. The van der Waals surface area contributed by atoms with Gasteiger partial charge in [0.25, 0.3) is 5.91 Å². The van der Waals surface area contributed by atoms with Gasteiger partial charge in [-0.3, -0.25) is 9.10 Å². The number of sulfonamides is 1. The second-order valence-electron chi connectivity index (χ2n) is 6.56. The number of phenolic OH excluding ortho intramolecular Hbond substituents is 1. The van der Waals surface area contributed by atoms with Gasteiger partial charge < -0.3 is 5.11 Å². The van der Waals surface area contributed by atoms with Crippen molar-refractivity contribution in [3.63, 3.8) is 0 Å². The van der Waals surface area contributed by atoms with Gasteiger partial charge in [-0.15, -0.1) is 0 Å². The molecule has 0 saturated heterocycles. The number of hydrogen-bond acceptors (Lipinski definition) is 5. The number of anilines is 1. The lowest BCUT2D eigenvalue weighted by molar-refractivity contribution is 0.0955. The summed E-state index contributed by atoms with van der Waals surface area (Å²) in [4.78, 5) is 12.2. The van der Waals surface area contributed by atoms with E-state index in [0.717, 1.165) is 11.8 Å². The van der Waals surface area contributed by atoms with Crippen molar-refractivity contribution in [1.82, 2.24) is 5.43 Å². The number of carbonyl (C=O) groups excluding carboxylic acids is 1. The van der Waals surface area contributed by atoms with Crippen LogP contribution in [0.4, 0.5) is 5.69 Å². The number of rotatable bonds is 7. The van der Waals surface area contributed by atoms with E-state index in [1.807, 2.05) is 6.07 Å². The van der Waals surface area contributed by atoms with E-state index in [-0.39, 0.29) is 12.3 Å². The number of nitrogens with zero attached hydrogens (tertiary/aromatic N) is 2. The van der Waals surface area contributed by atoms with Gasteiger partial charge in [0.05, 0.1) is 24.7 Å². The quantitative estimate of drug-likeness (QED) is 0.451. The number of hydrazone groups is 1. The number of amides is 1. The average molecular weight is 423 g/mol. The molecule has 3 aromatic carbocycles. The summed E-state index contributed by atoms with van der Waals surface area (Å²) in [6.07, 6.45) is 2.51. The van der Waals surface area contributed by atoms with Crippen molar-refractivity contribution in [2.75, 3.05) is 10.6 Å². The van der Waals surface area contributed by atoms with Crippen LogP contribution in [0.2, 0.25) is 0 Å². The molecule has 0 aromatic heterocycles. The smallest absolute Gasteiger partial charge is 0.271 e. The van der Waals surface area contributed by atoms with Crippen LogP contribution >= 0.6 is 0 Å². The van der Waals surface area contributed by atoms with Crippen LogP contribution in [0, 0.1) is 0 Å². The van der Waals surface area contributed by atoms with Gasteiger partial charge in [0.2, 0.25) is 10.0 Å². The van der Waals surface area contributed by atoms with Crippen LogP contribution in [0.3, 0.4) is 0 Å². The van der Waals surface area contributed by atoms with Crippen LogP contribution in [-0.2, 0) is 16.6 Å². The Morgan fingerprint density at radius 2 is 1.63 bits per heavy atom. The van der Waals surface area contributed by atoms with Crippen molar-refractivity contribution in [2.45, 2.75) is 6.54 Å². The van der Waals surface area contributed by atoms with Crippen molar-refractivity contribution in [3.8, 4) is 5.75 Å². The fourth-order valence-electron chi connectivity index (χ4n) is 2.74. The fraction of sp³-hybridized carbons (Fsp3) is 0.0909. The molecule has 7 nitrogen and oxygen atoms in total. The SMILES string of the molecule is CS(=O)(=O)N(Cc1ccc(C(=O)NN=Cc2ccccc2O)cc1)c1ccccc1. The third-order valence-electron chi connectivity index (χ3n) is 4.29. The summed E-state index contributed by atoms with van der Waals surface area (Å²) < 4.78 is 25.7. The van der Waals surface area contributed by atoms with E-state index in [0.29, 0.717) is 16.8 Å². The van der Waals surface area contributed by atoms with Crippen molar-refractivity contribution < 1.29 is 18.3 Å². The molecular weight excluding hydrogens is 402 g/mol. The zero-order valence-electron chi connectivity index (χ0n) is 16.3. The maximum Gasteiger partial charge on any atom is 0.271 e. The highest BCUT2D eigenvalue weighted by molar-refractivity contribution is 7.92. The molecule has 2 N–H and O–H groups in total. The summed E-state index contributed by atoms with van der Waals surface area (Å²) in [5, 5.41) is 13.5. The first kappa shape index (κ1) is 21.1. The lowest BCUT2D eigenvalue weighted by Crippen LogP contribution is -2.29. The highest BCUT2D eigenvalue weighted by Gasteiger charge is 2.17. The van der Waals surface area contributed by atoms with Gasteiger partial charge in [0, 0.05) is 11.1 Å². The minimum absolute atomic E-state index is 0.0636. The Kier molecular flexibility index (Phi) is 6.48. The van der Waals surface area contributed by atoms with E-state index < -0.39 is 15.9 Å². The van der Waals surface area contributed by atoms with Crippen molar-refractivity contribution in [2.24, 2.45) is 5.10 Å². The normalized spacial score (nSPS) is 11.4. The minimum atomic E-state index is -3.47. The van der Waals surface area contributed by atoms with Crippen LogP contribution in [0.1, 0.15) is 21.5 Å². The maximum atomic E-state index is 12.2. The van der Waals surface area contributed by atoms with Crippen molar-refractivity contribution in [3.05, 3.63) is 95.6 Å². The van der Waals surface area contributed by atoms with Crippen LogP contribution in [0.25, 0.3) is 0 Å². The van der Waals surface area contributed by atoms with Crippen LogP contribution in [0.5, 0.6) is 5.75 Å². The summed E-state index contributed by atoms with van der Waals surface area (Å²) in [5.41, 5.74) is 4.56. The third-order valence-corrected chi connectivity index (χ3v) is 5.43. The van der Waals surface area contributed by atoms with Crippen LogP contribution in [-0.4, -0.2) is 31.9 Å². The summed E-state index contributed by atoms with van der Waals surface area (Å²) in [5.74, 6) is -0.357. The molecule has 0 atom stereocenters. The first-order chi connectivity index (χ1) is 14.3. The zero-order valence-corrected chi connectivity index (χ0v) is 17.1. The Morgan fingerprint density at radius 3 is 2.27 bits per heavy atom. The Balaban J connectivity index is 1.68. The van der Waals surface area contributed by atoms with E-state index in [1.165, 1.54) is 16.6 Å². The predicted molar refractivity (Wildman–Crippen MR) is 117 cm³/mol. The molecule has 0 aliphatic rings. The molecule has 3 rings (SSSR count). The molecule has 0 radical (unpaired) electrons. The Labute approximate surface area is 175 Å². The predicted octanol–water partition coefficient (Wildman–Crippen LogP) is 3.12. The second-order valence-corrected chi connectivity index (χ2v) is 8.47. The number of phenols is 1. The van der Waals surface area contributed by atoms with E-state index in [9.17, 15) is 18.3 Å². The number of nitrogens with one attached hydrogen (secondary N) is 1. The third kappa shape index (κ3) is 5.45. The number of aromatic hydroxyl groups is 1. The minimum Gasteiger partial charge on any atom is -0.507 e.